The van der Waals surface area contributed by atoms with E-state index >= 15 is 0 Å². The Morgan fingerprint density at radius 3 is 2.04 bits per heavy atom. The highest BCUT2D eigenvalue weighted by atomic mass is 16.2. The highest BCUT2D eigenvalue weighted by Crippen LogP contribution is 2.17. The van der Waals surface area contributed by atoms with Crippen molar-refractivity contribution >= 4 is 23.3 Å². The third kappa shape index (κ3) is 5.39. The molecule has 0 aliphatic carbocycles. The molecule has 1 heterocycles. The van der Waals surface area contributed by atoms with Crippen molar-refractivity contribution in [3.8, 4) is 0 Å². The van der Waals surface area contributed by atoms with Crippen molar-refractivity contribution in [3.05, 3.63) is 29.8 Å². The fraction of sp³-hybridized carbons (Fsp3) is 0.526. The number of carbonyl (C=O) groups is 3. The van der Waals surface area contributed by atoms with Crippen molar-refractivity contribution in [3.63, 3.8) is 0 Å². The number of benzene rings is 1. The van der Waals surface area contributed by atoms with Gasteiger partial charge in [-0.1, -0.05) is 20.8 Å². The number of rotatable bonds is 4. The molecule has 1 saturated heterocycles. The van der Waals surface area contributed by atoms with Crippen LogP contribution in [-0.2, 0) is 9.59 Å². The Bertz CT molecular complexity index is 639. The maximum absolute atomic E-state index is 12.6. The van der Waals surface area contributed by atoms with Gasteiger partial charge < -0.3 is 10.2 Å². The summed E-state index contributed by atoms with van der Waals surface area (Å²) in [7, 11) is 0. The number of carbonyl (C=O) groups excluding carboxylic acids is 3. The molecule has 0 saturated carbocycles. The molecule has 1 aromatic carbocycles. The second-order valence-corrected chi connectivity index (χ2v) is 7.50. The zero-order chi connectivity index (χ0) is 18.6. The molecule has 2 amide bonds. The van der Waals surface area contributed by atoms with Crippen LogP contribution in [-0.4, -0.2) is 60.1 Å². The zero-order valence-electron chi connectivity index (χ0n) is 15.5. The molecule has 0 unspecified atom stereocenters. The molecule has 0 aromatic heterocycles. The van der Waals surface area contributed by atoms with Crippen LogP contribution in [0.4, 0.5) is 5.69 Å². The molecule has 2 rings (SSSR count). The van der Waals surface area contributed by atoms with E-state index in [4.69, 9.17) is 0 Å². The van der Waals surface area contributed by atoms with Crippen molar-refractivity contribution in [1.82, 2.24) is 9.80 Å². The maximum Gasteiger partial charge on any atom is 0.253 e. The summed E-state index contributed by atoms with van der Waals surface area (Å²) in [6, 6.07) is 6.91. The van der Waals surface area contributed by atoms with Gasteiger partial charge in [0.15, 0.2) is 5.78 Å². The number of amides is 2. The van der Waals surface area contributed by atoms with E-state index in [0.717, 1.165) is 0 Å². The second kappa shape index (κ2) is 7.78. The summed E-state index contributed by atoms with van der Waals surface area (Å²) in [6.07, 6.45) is 0. The molecule has 1 aliphatic heterocycles. The van der Waals surface area contributed by atoms with Crippen LogP contribution in [0, 0.1) is 5.41 Å². The average molecular weight is 345 g/mol. The Morgan fingerprint density at radius 1 is 1.00 bits per heavy atom. The Labute approximate surface area is 149 Å². The monoisotopic (exact) mass is 345 g/mol. The average Bonchev–Trinajstić information content (AvgIpc) is 2.54. The number of hydrogen-bond acceptors (Lipinski definition) is 4. The number of nitrogens with zero attached hydrogens (tertiary/aromatic N) is 2. The molecule has 1 aromatic rings. The summed E-state index contributed by atoms with van der Waals surface area (Å²) in [5, 5.41) is 2.68. The van der Waals surface area contributed by atoms with Gasteiger partial charge in [-0.2, -0.15) is 0 Å². The third-order valence-corrected chi connectivity index (χ3v) is 4.32. The van der Waals surface area contributed by atoms with Gasteiger partial charge in [0, 0.05) is 49.8 Å². The second-order valence-electron chi connectivity index (χ2n) is 7.50. The molecular weight excluding hydrogens is 318 g/mol. The molecule has 1 aliphatic rings. The lowest BCUT2D eigenvalue weighted by atomic mass is 9.90. The van der Waals surface area contributed by atoms with Crippen LogP contribution in [0.25, 0.3) is 0 Å². The minimum absolute atomic E-state index is 0.0174. The molecule has 0 bridgehead atoms. The summed E-state index contributed by atoms with van der Waals surface area (Å²) >= 11 is 0. The zero-order valence-corrected chi connectivity index (χ0v) is 15.5. The SMILES string of the molecule is CC(=O)Nc1ccc(C(=O)N2CCN(CC(=O)C(C)(C)C)CC2)cc1. The van der Waals surface area contributed by atoms with Crippen molar-refractivity contribution in [2.24, 2.45) is 5.41 Å². The summed E-state index contributed by atoms with van der Waals surface area (Å²) < 4.78 is 0. The van der Waals surface area contributed by atoms with E-state index in [1.54, 1.807) is 24.3 Å². The van der Waals surface area contributed by atoms with Crippen LogP contribution >= 0.6 is 0 Å². The third-order valence-electron chi connectivity index (χ3n) is 4.32. The summed E-state index contributed by atoms with van der Waals surface area (Å²) in [4.78, 5) is 39.7. The van der Waals surface area contributed by atoms with Crippen molar-refractivity contribution in [1.29, 1.82) is 0 Å². The van der Waals surface area contributed by atoms with E-state index in [1.165, 1.54) is 6.92 Å². The molecule has 25 heavy (non-hydrogen) atoms. The van der Waals surface area contributed by atoms with Crippen LogP contribution in [0.3, 0.4) is 0 Å². The Morgan fingerprint density at radius 2 is 1.56 bits per heavy atom. The first-order chi connectivity index (χ1) is 11.7. The lowest BCUT2D eigenvalue weighted by Gasteiger charge is -2.35. The van der Waals surface area contributed by atoms with E-state index in [1.807, 2.05) is 25.7 Å². The van der Waals surface area contributed by atoms with Crippen LogP contribution in [0.2, 0.25) is 0 Å². The van der Waals surface area contributed by atoms with Gasteiger partial charge in [0.2, 0.25) is 5.91 Å². The number of piperazine rings is 1. The summed E-state index contributed by atoms with van der Waals surface area (Å²) in [5.41, 5.74) is 0.950. The number of ketones is 1. The van der Waals surface area contributed by atoms with Crippen molar-refractivity contribution < 1.29 is 14.4 Å². The normalized spacial score (nSPS) is 15.8. The Hall–Kier alpha value is -2.21. The summed E-state index contributed by atoms with van der Waals surface area (Å²) in [5.74, 6) is 0.0667. The minimum Gasteiger partial charge on any atom is -0.336 e. The molecule has 1 N–H and O–H groups in total. The topological polar surface area (TPSA) is 69.7 Å². The van der Waals surface area contributed by atoms with E-state index in [-0.39, 0.29) is 23.0 Å². The van der Waals surface area contributed by atoms with Crippen LogP contribution < -0.4 is 5.32 Å². The van der Waals surface area contributed by atoms with Gasteiger partial charge >= 0.3 is 0 Å². The fourth-order valence-corrected chi connectivity index (χ4v) is 2.63. The predicted molar refractivity (Wildman–Crippen MR) is 97.6 cm³/mol. The lowest BCUT2D eigenvalue weighted by molar-refractivity contribution is -0.127. The molecule has 0 atom stereocenters. The Kier molecular flexibility index (Phi) is 5.95. The van der Waals surface area contributed by atoms with Crippen LogP contribution in [0.5, 0.6) is 0 Å². The molecule has 0 spiro atoms. The van der Waals surface area contributed by atoms with Crippen molar-refractivity contribution in [2.45, 2.75) is 27.7 Å². The molecule has 6 heteroatoms. The lowest BCUT2D eigenvalue weighted by Crippen LogP contribution is -2.50. The largest absolute Gasteiger partial charge is 0.336 e. The van der Waals surface area contributed by atoms with E-state index in [9.17, 15) is 14.4 Å². The molecule has 136 valence electrons. The van der Waals surface area contributed by atoms with Gasteiger partial charge in [0.25, 0.3) is 5.91 Å². The van der Waals surface area contributed by atoms with Gasteiger partial charge in [-0.05, 0) is 24.3 Å². The van der Waals surface area contributed by atoms with E-state index in [2.05, 4.69) is 10.2 Å². The molecule has 1 fully saturated rings. The van der Waals surface area contributed by atoms with Crippen molar-refractivity contribution in [2.75, 3.05) is 38.0 Å². The van der Waals surface area contributed by atoms with Gasteiger partial charge in [-0.25, -0.2) is 0 Å². The minimum atomic E-state index is -0.331. The van der Waals surface area contributed by atoms with Gasteiger partial charge in [0.1, 0.15) is 0 Å². The smallest absolute Gasteiger partial charge is 0.253 e. The fourth-order valence-electron chi connectivity index (χ4n) is 2.63. The quantitative estimate of drug-likeness (QED) is 0.906. The molecule has 6 nitrogen and oxygen atoms in total. The first-order valence-corrected chi connectivity index (χ1v) is 8.59. The first-order valence-electron chi connectivity index (χ1n) is 8.59. The summed E-state index contributed by atoms with van der Waals surface area (Å²) in [6.45, 7) is 10.3. The van der Waals surface area contributed by atoms with Gasteiger partial charge in [-0.3, -0.25) is 19.3 Å². The number of nitrogens with one attached hydrogen (secondary N) is 1. The van der Waals surface area contributed by atoms with Crippen LogP contribution in [0.15, 0.2) is 24.3 Å². The number of Topliss-reactive ketones (excluding diaryl/α,β-unsaturated/α-hetero) is 1. The molecular formula is C19H27N3O3. The highest BCUT2D eigenvalue weighted by Gasteiger charge is 2.27. The Balaban J connectivity index is 1.88. The van der Waals surface area contributed by atoms with Crippen LogP contribution in [0.1, 0.15) is 38.1 Å². The van der Waals surface area contributed by atoms with Gasteiger partial charge in [-0.15, -0.1) is 0 Å². The maximum atomic E-state index is 12.6. The number of anilines is 1. The van der Waals surface area contributed by atoms with E-state index < -0.39 is 0 Å². The highest BCUT2D eigenvalue weighted by molar-refractivity contribution is 5.95. The number of hydrogen-bond donors (Lipinski definition) is 1. The molecule has 0 radical (unpaired) electrons. The van der Waals surface area contributed by atoms with Gasteiger partial charge in [0.05, 0.1) is 6.54 Å². The van der Waals surface area contributed by atoms with E-state index in [0.29, 0.717) is 44.0 Å². The standard InChI is InChI=1S/C19H27N3O3/c1-14(23)20-16-7-5-15(6-8-16)18(25)22-11-9-21(10-12-22)13-17(24)19(2,3)4/h5-8H,9-13H2,1-4H3,(H,20,23). The first kappa shape index (κ1) is 19.1. The predicted octanol–water partition coefficient (Wildman–Crippen LogP) is 2.02.